The first-order valence-electron chi connectivity index (χ1n) is 7.49. The molecule has 0 aliphatic heterocycles. The molecule has 2 unspecified atom stereocenters. The molecule has 3 rings (SSSR count). The Morgan fingerprint density at radius 2 is 2.27 bits per heavy atom. The van der Waals surface area contributed by atoms with Crippen molar-refractivity contribution in [3.63, 3.8) is 0 Å². The van der Waals surface area contributed by atoms with Crippen LogP contribution in [0, 0.1) is 0 Å². The summed E-state index contributed by atoms with van der Waals surface area (Å²) in [5.41, 5.74) is 2.54. The molecule has 1 aromatic heterocycles. The second kappa shape index (κ2) is 6.44. The first kappa shape index (κ1) is 15.0. The Kier molecular flexibility index (Phi) is 4.39. The van der Waals surface area contributed by atoms with Gasteiger partial charge in [-0.2, -0.15) is 0 Å². The summed E-state index contributed by atoms with van der Waals surface area (Å²) in [5, 5.41) is 7.63. The van der Waals surface area contributed by atoms with Gasteiger partial charge in [-0.3, -0.25) is 4.99 Å². The van der Waals surface area contributed by atoms with Crippen LogP contribution < -0.4 is 10.6 Å². The van der Waals surface area contributed by atoms with Crippen molar-refractivity contribution in [3.05, 3.63) is 58.9 Å². The molecule has 1 aliphatic carbocycles. The third kappa shape index (κ3) is 3.63. The summed E-state index contributed by atoms with van der Waals surface area (Å²) in [6, 6.07) is 10.6. The fourth-order valence-electron chi connectivity index (χ4n) is 2.68. The number of rotatable bonds is 4. The predicted octanol–water partition coefficient (Wildman–Crippen LogP) is 2.90. The minimum Gasteiger partial charge on any atom is -0.357 e. The molecule has 0 spiro atoms. The molecule has 0 bridgehead atoms. The lowest BCUT2D eigenvalue weighted by atomic mass is 10.1. The average Bonchev–Trinajstić information content (AvgIpc) is 3.16. The number of guanidine groups is 1. The molecule has 2 N–H and O–H groups in total. The van der Waals surface area contributed by atoms with Crippen LogP contribution >= 0.6 is 11.6 Å². The number of hydrogen-bond acceptors (Lipinski definition) is 1. The van der Waals surface area contributed by atoms with Gasteiger partial charge in [0.25, 0.3) is 0 Å². The van der Waals surface area contributed by atoms with Gasteiger partial charge in [0, 0.05) is 50.0 Å². The highest BCUT2D eigenvalue weighted by Gasteiger charge is 2.39. The summed E-state index contributed by atoms with van der Waals surface area (Å²) in [7, 11) is 3.83. The molecule has 1 fully saturated rings. The van der Waals surface area contributed by atoms with E-state index in [4.69, 9.17) is 11.6 Å². The maximum atomic E-state index is 6.06. The van der Waals surface area contributed by atoms with E-state index in [-0.39, 0.29) is 0 Å². The van der Waals surface area contributed by atoms with E-state index in [1.165, 1.54) is 11.1 Å². The third-order valence-electron chi connectivity index (χ3n) is 3.97. The largest absolute Gasteiger partial charge is 0.357 e. The van der Waals surface area contributed by atoms with E-state index in [2.05, 4.69) is 34.0 Å². The highest BCUT2D eigenvalue weighted by molar-refractivity contribution is 6.30. The van der Waals surface area contributed by atoms with E-state index in [0.29, 0.717) is 12.0 Å². The summed E-state index contributed by atoms with van der Waals surface area (Å²) in [4.78, 5) is 4.30. The van der Waals surface area contributed by atoms with Crippen LogP contribution in [-0.2, 0) is 13.6 Å². The second-order valence-corrected chi connectivity index (χ2v) is 6.20. The Balaban J connectivity index is 1.52. The molecule has 1 aliphatic rings. The van der Waals surface area contributed by atoms with Crippen molar-refractivity contribution in [1.82, 2.24) is 15.2 Å². The SMILES string of the molecule is CN=C(NCc1ccn(C)c1)NC1CC1c1cccc(Cl)c1. The first-order valence-corrected chi connectivity index (χ1v) is 7.87. The zero-order valence-electron chi connectivity index (χ0n) is 12.9. The van der Waals surface area contributed by atoms with Gasteiger partial charge in [-0.25, -0.2) is 0 Å². The van der Waals surface area contributed by atoms with Crippen molar-refractivity contribution in [2.24, 2.45) is 12.0 Å². The quantitative estimate of drug-likeness (QED) is 0.672. The molecular weight excluding hydrogens is 296 g/mol. The zero-order chi connectivity index (χ0) is 15.5. The van der Waals surface area contributed by atoms with Gasteiger partial charge in [0.1, 0.15) is 0 Å². The predicted molar refractivity (Wildman–Crippen MR) is 91.3 cm³/mol. The van der Waals surface area contributed by atoms with E-state index >= 15 is 0 Å². The molecule has 22 heavy (non-hydrogen) atoms. The van der Waals surface area contributed by atoms with Gasteiger partial charge in [-0.05, 0) is 35.7 Å². The molecule has 0 amide bonds. The standard InChI is InChI=1S/C17H21ClN4/c1-19-17(20-10-12-6-7-22(2)11-12)21-16-9-15(16)13-4-3-5-14(18)8-13/h3-8,11,15-16H,9-10H2,1-2H3,(H2,19,20,21). The Morgan fingerprint density at radius 1 is 1.41 bits per heavy atom. The van der Waals surface area contributed by atoms with Gasteiger partial charge < -0.3 is 15.2 Å². The summed E-state index contributed by atoms with van der Waals surface area (Å²) in [5.74, 6) is 1.37. The minimum absolute atomic E-state index is 0.431. The van der Waals surface area contributed by atoms with Gasteiger partial charge in [-0.1, -0.05) is 23.7 Å². The molecule has 1 heterocycles. The highest BCUT2D eigenvalue weighted by Crippen LogP contribution is 2.41. The highest BCUT2D eigenvalue weighted by atomic mass is 35.5. The lowest BCUT2D eigenvalue weighted by molar-refractivity contribution is 0.788. The zero-order valence-corrected chi connectivity index (χ0v) is 13.6. The molecule has 116 valence electrons. The Hall–Kier alpha value is -1.94. The smallest absolute Gasteiger partial charge is 0.191 e. The molecule has 0 saturated heterocycles. The number of hydrogen-bond donors (Lipinski definition) is 2. The van der Waals surface area contributed by atoms with Gasteiger partial charge in [0.15, 0.2) is 5.96 Å². The van der Waals surface area contributed by atoms with Crippen molar-refractivity contribution in [2.75, 3.05) is 7.05 Å². The molecule has 0 radical (unpaired) electrons. The van der Waals surface area contributed by atoms with Crippen LogP contribution in [0.5, 0.6) is 0 Å². The van der Waals surface area contributed by atoms with E-state index in [1.807, 2.05) is 36.0 Å². The number of halogens is 1. The van der Waals surface area contributed by atoms with Crippen LogP contribution in [-0.4, -0.2) is 23.6 Å². The number of nitrogens with zero attached hydrogens (tertiary/aromatic N) is 2. The Labute approximate surface area is 136 Å². The average molecular weight is 317 g/mol. The normalized spacial score (nSPS) is 20.8. The molecule has 1 aromatic carbocycles. The fourth-order valence-corrected chi connectivity index (χ4v) is 2.88. The van der Waals surface area contributed by atoms with Crippen LogP contribution in [0.15, 0.2) is 47.7 Å². The topological polar surface area (TPSA) is 41.4 Å². The lowest BCUT2D eigenvalue weighted by Gasteiger charge is -2.11. The third-order valence-corrected chi connectivity index (χ3v) is 4.20. The van der Waals surface area contributed by atoms with Crippen LogP contribution in [0.3, 0.4) is 0 Å². The van der Waals surface area contributed by atoms with Crippen LogP contribution in [0.4, 0.5) is 0 Å². The number of benzene rings is 1. The number of aryl methyl sites for hydroxylation is 1. The molecule has 4 nitrogen and oxygen atoms in total. The van der Waals surface area contributed by atoms with Crippen LogP contribution in [0.1, 0.15) is 23.5 Å². The van der Waals surface area contributed by atoms with Gasteiger partial charge >= 0.3 is 0 Å². The maximum absolute atomic E-state index is 6.06. The van der Waals surface area contributed by atoms with Crippen molar-refractivity contribution in [2.45, 2.75) is 24.9 Å². The molecule has 5 heteroatoms. The second-order valence-electron chi connectivity index (χ2n) is 5.76. The number of aliphatic imine (C=N–C) groups is 1. The van der Waals surface area contributed by atoms with Gasteiger partial charge in [0.2, 0.25) is 0 Å². The van der Waals surface area contributed by atoms with Crippen molar-refractivity contribution in [1.29, 1.82) is 0 Å². The summed E-state index contributed by atoms with van der Waals surface area (Å²) < 4.78 is 2.04. The minimum atomic E-state index is 0.431. The number of nitrogens with one attached hydrogen (secondary N) is 2. The van der Waals surface area contributed by atoms with Gasteiger partial charge in [-0.15, -0.1) is 0 Å². The summed E-state index contributed by atoms with van der Waals surface area (Å²) in [6.45, 7) is 0.773. The van der Waals surface area contributed by atoms with E-state index in [9.17, 15) is 0 Å². The van der Waals surface area contributed by atoms with Gasteiger partial charge in [0.05, 0.1) is 0 Å². The fraction of sp³-hybridized carbons (Fsp3) is 0.353. The van der Waals surface area contributed by atoms with Crippen molar-refractivity contribution in [3.8, 4) is 0 Å². The molecule has 2 atom stereocenters. The molecular formula is C17H21ClN4. The molecule has 1 saturated carbocycles. The monoisotopic (exact) mass is 316 g/mol. The Morgan fingerprint density at radius 3 is 2.95 bits per heavy atom. The summed E-state index contributed by atoms with van der Waals surface area (Å²) in [6.07, 6.45) is 5.27. The molecule has 2 aromatic rings. The number of aromatic nitrogens is 1. The summed E-state index contributed by atoms with van der Waals surface area (Å²) >= 11 is 6.06. The first-order chi connectivity index (χ1) is 10.7. The van der Waals surface area contributed by atoms with Crippen molar-refractivity contribution < 1.29 is 0 Å². The van der Waals surface area contributed by atoms with E-state index in [1.54, 1.807) is 7.05 Å². The van der Waals surface area contributed by atoms with Crippen LogP contribution in [0.25, 0.3) is 0 Å². The van der Waals surface area contributed by atoms with Crippen LogP contribution in [0.2, 0.25) is 5.02 Å². The van der Waals surface area contributed by atoms with E-state index < -0.39 is 0 Å². The lowest BCUT2D eigenvalue weighted by Crippen LogP contribution is -2.38. The van der Waals surface area contributed by atoms with Crippen molar-refractivity contribution >= 4 is 17.6 Å². The Bertz CT molecular complexity index is 677. The maximum Gasteiger partial charge on any atom is 0.191 e. The van der Waals surface area contributed by atoms with E-state index in [0.717, 1.165) is 23.9 Å².